The molecule has 136 valence electrons. The number of hydrogen-bond acceptors (Lipinski definition) is 4. The second-order valence-electron chi connectivity index (χ2n) is 7.02. The van der Waals surface area contributed by atoms with E-state index in [1.807, 2.05) is 0 Å². The van der Waals surface area contributed by atoms with Crippen molar-refractivity contribution in [2.75, 3.05) is 24.5 Å². The lowest BCUT2D eigenvalue weighted by molar-refractivity contribution is -0.147. The smallest absolute Gasteiger partial charge is 0.318 e. The number of carboxylic acid groups (broad SMARTS) is 1. The average Bonchev–Trinajstić information content (AvgIpc) is 3.16. The molecule has 9 heteroatoms. The second-order valence-corrected chi connectivity index (χ2v) is 7.02. The van der Waals surface area contributed by atoms with Crippen molar-refractivity contribution in [2.24, 2.45) is 12.5 Å². The first-order chi connectivity index (χ1) is 11.8. The Labute approximate surface area is 145 Å². The second kappa shape index (κ2) is 6.38. The molecule has 1 aromatic rings. The number of hydrogen-bond donors (Lipinski definition) is 2. The number of piperidine rings is 1. The first-order valence-corrected chi connectivity index (χ1v) is 8.40. The van der Waals surface area contributed by atoms with E-state index in [-0.39, 0.29) is 18.5 Å². The van der Waals surface area contributed by atoms with Gasteiger partial charge in [-0.3, -0.25) is 19.2 Å². The Morgan fingerprint density at radius 3 is 2.76 bits per heavy atom. The molecule has 2 atom stereocenters. The van der Waals surface area contributed by atoms with Gasteiger partial charge in [0, 0.05) is 38.9 Å². The molecule has 0 saturated carbocycles. The number of rotatable bonds is 3. The lowest BCUT2D eigenvalue weighted by Gasteiger charge is -2.32. The number of nitrogens with zero attached hydrogens (tertiary/aromatic N) is 4. The molecule has 9 nitrogen and oxygen atoms in total. The van der Waals surface area contributed by atoms with Crippen molar-refractivity contribution in [3.05, 3.63) is 12.3 Å². The molecule has 1 aromatic heterocycles. The number of urea groups is 1. The molecule has 3 heterocycles. The Kier molecular flexibility index (Phi) is 4.40. The molecule has 2 unspecified atom stereocenters. The third-order valence-corrected chi connectivity index (χ3v) is 4.99. The summed E-state index contributed by atoms with van der Waals surface area (Å²) in [5, 5.41) is 16.3. The average molecular weight is 349 g/mol. The fourth-order valence-corrected chi connectivity index (χ4v) is 3.33. The van der Waals surface area contributed by atoms with Crippen LogP contribution in [0, 0.1) is 5.41 Å². The van der Waals surface area contributed by atoms with Crippen molar-refractivity contribution < 1.29 is 19.5 Å². The Morgan fingerprint density at radius 2 is 2.16 bits per heavy atom. The van der Waals surface area contributed by atoms with E-state index in [0.717, 1.165) is 6.42 Å². The lowest BCUT2D eigenvalue weighted by Crippen LogP contribution is -2.55. The van der Waals surface area contributed by atoms with Gasteiger partial charge in [-0.2, -0.15) is 5.10 Å². The normalized spacial score (nSPS) is 26.8. The van der Waals surface area contributed by atoms with Crippen molar-refractivity contribution in [1.82, 2.24) is 20.0 Å². The molecule has 3 amide bonds. The van der Waals surface area contributed by atoms with Gasteiger partial charge in [-0.15, -0.1) is 0 Å². The molecule has 0 bridgehead atoms. The van der Waals surface area contributed by atoms with Gasteiger partial charge in [-0.25, -0.2) is 4.79 Å². The highest BCUT2D eigenvalue weighted by Gasteiger charge is 2.43. The van der Waals surface area contributed by atoms with Gasteiger partial charge in [0.25, 0.3) is 5.91 Å². The van der Waals surface area contributed by atoms with Crippen LogP contribution in [0.15, 0.2) is 12.3 Å². The maximum atomic E-state index is 12.7. The van der Waals surface area contributed by atoms with Crippen LogP contribution in [0.2, 0.25) is 0 Å². The molecule has 0 radical (unpaired) electrons. The van der Waals surface area contributed by atoms with Gasteiger partial charge in [0.2, 0.25) is 0 Å². The summed E-state index contributed by atoms with van der Waals surface area (Å²) in [4.78, 5) is 39.5. The van der Waals surface area contributed by atoms with Gasteiger partial charge in [-0.1, -0.05) is 0 Å². The molecule has 2 fully saturated rings. The standard InChI is InChI=1S/C16H23N5O4/c1-16(14(23)24)6-9-20(10-16)15(25)17-11-4-3-7-21(13(11)22)12-5-8-19(2)18-12/h5,8,11H,3-4,6-7,9-10H2,1-2H3,(H,17,25)(H,23,24). The minimum atomic E-state index is -0.923. The van der Waals surface area contributed by atoms with Gasteiger partial charge >= 0.3 is 12.0 Å². The topological polar surface area (TPSA) is 108 Å². The van der Waals surface area contributed by atoms with E-state index in [1.165, 1.54) is 4.90 Å². The summed E-state index contributed by atoms with van der Waals surface area (Å²) in [6.45, 7) is 2.73. The van der Waals surface area contributed by atoms with Crippen LogP contribution in [0.3, 0.4) is 0 Å². The number of aliphatic carboxylic acids is 1. The first kappa shape index (κ1) is 17.2. The Morgan fingerprint density at radius 1 is 1.40 bits per heavy atom. The predicted octanol–water partition coefficient (Wildman–Crippen LogP) is 0.422. The molecule has 0 aliphatic carbocycles. The molecular weight excluding hydrogens is 326 g/mol. The molecule has 0 spiro atoms. The number of nitrogens with one attached hydrogen (secondary N) is 1. The van der Waals surface area contributed by atoms with Crippen LogP contribution in [0.5, 0.6) is 0 Å². The van der Waals surface area contributed by atoms with Crippen LogP contribution >= 0.6 is 0 Å². The van der Waals surface area contributed by atoms with Gasteiger partial charge in [0.15, 0.2) is 5.82 Å². The van der Waals surface area contributed by atoms with Gasteiger partial charge < -0.3 is 15.3 Å². The number of carbonyl (C=O) groups excluding carboxylic acids is 2. The molecule has 2 aliphatic rings. The van der Waals surface area contributed by atoms with Crippen LogP contribution in [0.4, 0.5) is 10.6 Å². The SMILES string of the molecule is Cn1ccc(N2CCCC(NC(=O)N3CCC(C)(C(=O)O)C3)C2=O)n1. The number of anilines is 1. The maximum Gasteiger partial charge on any atom is 0.318 e. The predicted molar refractivity (Wildman–Crippen MR) is 89.0 cm³/mol. The van der Waals surface area contributed by atoms with E-state index in [0.29, 0.717) is 31.7 Å². The zero-order valence-corrected chi connectivity index (χ0v) is 14.4. The number of aromatic nitrogens is 2. The van der Waals surface area contributed by atoms with Crippen LogP contribution in [-0.2, 0) is 16.6 Å². The molecule has 3 rings (SSSR count). The number of likely N-dealkylation sites (tertiary alicyclic amines) is 1. The van der Waals surface area contributed by atoms with Gasteiger partial charge in [0.1, 0.15) is 6.04 Å². The number of carboxylic acids is 1. The van der Waals surface area contributed by atoms with E-state index >= 15 is 0 Å². The summed E-state index contributed by atoms with van der Waals surface area (Å²) in [5.41, 5.74) is -0.923. The Bertz CT molecular complexity index is 702. The number of aryl methyl sites for hydroxylation is 1. The third kappa shape index (κ3) is 3.31. The fourth-order valence-electron chi connectivity index (χ4n) is 3.33. The Hall–Kier alpha value is -2.58. The van der Waals surface area contributed by atoms with Crippen molar-refractivity contribution in [3.63, 3.8) is 0 Å². The Balaban J connectivity index is 1.63. The molecule has 2 N–H and O–H groups in total. The van der Waals surface area contributed by atoms with Gasteiger partial charge in [0.05, 0.1) is 5.41 Å². The third-order valence-electron chi connectivity index (χ3n) is 4.99. The highest BCUT2D eigenvalue weighted by molar-refractivity contribution is 5.99. The quantitative estimate of drug-likeness (QED) is 0.822. The van der Waals surface area contributed by atoms with E-state index in [4.69, 9.17) is 0 Å². The van der Waals surface area contributed by atoms with E-state index in [2.05, 4.69) is 10.4 Å². The minimum Gasteiger partial charge on any atom is -0.481 e. The molecule has 25 heavy (non-hydrogen) atoms. The highest BCUT2D eigenvalue weighted by atomic mass is 16.4. The van der Waals surface area contributed by atoms with Crippen LogP contribution in [0.25, 0.3) is 0 Å². The summed E-state index contributed by atoms with van der Waals surface area (Å²) in [5.74, 6) is -0.512. The zero-order valence-electron chi connectivity index (χ0n) is 14.4. The van der Waals surface area contributed by atoms with E-state index in [1.54, 1.807) is 35.8 Å². The van der Waals surface area contributed by atoms with Crippen LogP contribution < -0.4 is 10.2 Å². The summed E-state index contributed by atoms with van der Waals surface area (Å²) < 4.78 is 1.63. The monoisotopic (exact) mass is 349 g/mol. The van der Waals surface area contributed by atoms with Crippen molar-refractivity contribution in [2.45, 2.75) is 32.2 Å². The molecular formula is C16H23N5O4. The van der Waals surface area contributed by atoms with Crippen LogP contribution in [0.1, 0.15) is 26.2 Å². The zero-order chi connectivity index (χ0) is 18.2. The summed E-state index contributed by atoms with van der Waals surface area (Å²) in [6, 6.07) is 0.770. The van der Waals surface area contributed by atoms with E-state index < -0.39 is 17.4 Å². The minimum absolute atomic E-state index is 0.152. The van der Waals surface area contributed by atoms with Crippen LogP contribution in [-0.4, -0.2) is 63.4 Å². The van der Waals surface area contributed by atoms with Crippen molar-refractivity contribution in [3.8, 4) is 0 Å². The first-order valence-electron chi connectivity index (χ1n) is 8.40. The largest absolute Gasteiger partial charge is 0.481 e. The molecule has 2 saturated heterocycles. The molecule has 2 aliphatic heterocycles. The summed E-state index contributed by atoms with van der Waals surface area (Å²) >= 11 is 0. The number of carbonyl (C=O) groups is 3. The fraction of sp³-hybridized carbons (Fsp3) is 0.625. The maximum absolute atomic E-state index is 12.7. The summed E-state index contributed by atoms with van der Waals surface area (Å²) in [7, 11) is 1.78. The molecule has 0 aromatic carbocycles. The van der Waals surface area contributed by atoms with Crippen molar-refractivity contribution in [1.29, 1.82) is 0 Å². The van der Waals surface area contributed by atoms with Gasteiger partial charge in [-0.05, 0) is 26.2 Å². The highest BCUT2D eigenvalue weighted by Crippen LogP contribution is 2.30. The lowest BCUT2D eigenvalue weighted by atomic mass is 9.90. The number of amides is 3. The van der Waals surface area contributed by atoms with E-state index in [9.17, 15) is 19.5 Å². The summed E-state index contributed by atoms with van der Waals surface area (Å²) in [6.07, 6.45) is 3.51. The van der Waals surface area contributed by atoms with Crippen molar-refractivity contribution >= 4 is 23.7 Å².